The molecule has 2 atom stereocenters. The Kier molecular flexibility index (Phi) is 4.86. The summed E-state index contributed by atoms with van der Waals surface area (Å²) in [5, 5.41) is 6.37. The number of hydrogen-bond donors (Lipinski definition) is 2. The Bertz CT molecular complexity index is 397. The van der Waals surface area contributed by atoms with E-state index in [1.165, 1.54) is 31.3 Å². The molecule has 1 aliphatic heterocycles. The zero-order valence-electron chi connectivity index (χ0n) is 13.4. The van der Waals surface area contributed by atoms with Crippen LogP contribution in [0.15, 0.2) is 11.1 Å². The Hall–Kier alpha value is -0.870. The first-order chi connectivity index (χ1) is 9.44. The van der Waals surface area contributed by atoms with Crippen LogP contribution < -0.4 is 10.6 Å². The van der Waals surface area contributed by atoms with E-state index < -0.39 is 0 Å². The lowest BCUT2D eigenvalue weighted by Crippen LogP contribution is -2.55. The monoisotopic (exact) mass is 279 g/mol. The van der Waals surface area contributed by atoms with Gasteiger partial charge in [0.05, 0.1) is 0 Å². The standard InChI is InChI=1S/C16H29N3O/c1-12-6-5-7-16(8-12,19(3)4)11-18-15(20)13(2)14-9-17-10-14/h12,17H,5-11H2,1-4H3,(H,18,20). The van der Waals surface area contributed by atoms with Crippen LogP contribution in [0.1, 0.15) is 39.5 Å². The van der Waals surface area contributed by atoms with Crippen LogP contribution in [0, 0.1) is 5.92 Å². The Morgan fingerprint density at radius 2 is 2.15 bits per heavy atom. The molecule has 0 spiro atoms. The molecule has 2 fully saturated rings. The van der Waals surface area contributed by atoms with Crippen molar-refractivity contribution in [3.63, 3.8) is 0 Å². The van der Waals surface area contributed by atoms with Crippen molar-refractivity contribution in [1.82, 2.24) is 15.5 Å². The van der Waals surface area contributed by atoms with Crippen LogP contribution in [0.4, 0.5) is 0 Å². The maximum absolute atomic E-state index is 12.3. The van der Waals surface area contributed by atoms with E-state index in [4.69, 9.17) is 0 Å². The maximum Gasteiger partial charge on any atom is 0.247 e. The van der Waals surface area contributed by atoms with Gasteiger partial charge in [-0.3, -0.25) is 4.79 Å². The molecule has 2 unspecified atom stereocenters. The summed E-state index contributed by atoms with van der Waals surface area (Å²) in [5.74, 6) is 0.860. The van der Waals surface area contributed by atoms with Gasteiger partial charge < -0.3 is 15.5 Å². The number of carbonyl (C=O) groups is 1. The second kappa shape index (κ2) is 6.27. The van der Waals surface area contributed by atoms with E-state index in [1.807, 2.05) is 6.92 Å². The van der Waals surface area contributed by atoms with E-state index in [1.54, 1.807) is 0 Å². The fourth-order valence-corrected chi connectivity index (χ4v) is 3.41. The highest BCUT2D eigenvalue weighted by atomic mass is 16.1. The van der Waals surface area contributed by atoms with E-state index in [9.17, 15) is 4.79 Å². The van der Waals surface area contributed by atoms with Gasteiger partial charge in [0.15, 0.2) is 0 Å². The first kappa shape index (κ1) is 15.5. The second-order valence-corrected chi connectivity index (χ2v) is 6.84. The smallest absolute Gasteiger partial charge is 0.247 e. The molecule has 20 heavy (non-hydrogen) atoms. The molecule has 1 aliphatic carbocycles. The van der Waals surface area contributed by atoms with Crippen LogP contribution in [0.2, 0.25) is 0 Å². The normalized spacial score (nSPS) is 30.1. The van der Waals surface area contributed by atoms with Crippen LogP contribution in [0.3, 0.4) is 0 Å². The molecule has 4 heteroatoms. The summed E-state index contributed by atoms with van der Waals surface area (Å²) in [4.78, 5) is 14.6. The Balaban J connectivity index is 1.97. The number of carbonyl (C=O) groups excluding carboxylic acids is 1. The molecule has 2 N–H and O–H groups in total. The quantitative estimate of drug-likeness (QED) is 0.767. The van der Waals surface area contributed by atoms with Crippen molar-refractivity contribution in [1.29, 1.82) is 0 Å². The SMILES string of the molecule is CC(C(=O)NCC1(N(C)C)CCCC(C)C1)=C1CNC1. The van der Waals surface area contributed by atoms with Crippen molar-refractivity contribution in [2.45, 2.75) is 45.1 Å². The zero-order chi connectivity index (χ0) is 14.8. The highest BCUT2D eigenvalue weighted by Gasteiger charge is 2.37. The predicted molar refractivity (Wildman–Crippen MR) is 82.6 cm³/mol. The van der Waals surface area contributed by atoms with E-state index in [-0.39, 0.29) is 11.4 Å². The van der Waals surface area contributed by atoms with Gasteiger partial charge in [0.1, 0.15) is 0 Å². The first-order valence-corrected chi connectivity index (χ1v) is 7.79. The lowest BCUT2D eigenvalue weighted by atomic mass is 9.75. The third-order valence-corrected chi connectivity index (χ3v) is 5.14. The Labute approximate surface area is 123 Å². The highest BCUT2D eigenvalue weighted by molar-refractivity contribution is 5.94. The van der Waals surface area contributed by atoms with E-state index in [0.717, 1.165) is 31.1 Å². The molecule has 1 saturated carbocycles. The molecule has 1 heterocycles. The maximum atomic E-state index is 12.3. The lowest BCUT2D eigenvalue weighted by Gasteiger charge is -2.45. The molecular weight excluding hydrogens is 250 g/mol. The van der Waals surface area contributed by atoms with Crippen molar-refractivity contribution >= 4 is 5.91 Å². The van der Waals surface area contributed by atoms with Crippen molar-refractivity contribution in [3.8, 4) is 0 Å². The Morgan fingerprint density at radius 1 is 1.45 bits per heavy atom. The molecule has 0 radical (unpaired) electrons. The number of amides is 1. The van der Waals surface area contributed by atoms with Gasteiger partial charge in [-0.15, -0.1) is 0 Å². The first-order valence-electron chi connectivity index (χ1n) is 7.79. The minimum atomic E-state index is 0.112. The average Bonchev–Trinajstić information content (AvgIpc) is 2.33. The van der Waals surface area contributed by atoms with Crippen molar-refractivity contribution in [3.05, 3.63) is 11.1 Å². The molecule has 1 saturated heterocycles. The van der Waals surface area contributed by atoms with Crippen LogP contribution in [0.25, 0.3) is 0 Å². The summed E-state index contributed by atoms with van der Waals surface area (Å²) in [6.45, 7) is 6.77. The predicted octanol–water partition coefficient (Wildman–Crippen LogP) is 1.53. The molecule has 1 amide bonds. The molecule has 4 nitrogen and oxygen atoms in total. The Morgan fingerprint density at radius 3 is 2.65 bits per heavy atom. The highest BCUT2D eigenvalue weighted by Crippen LogP contribution is 2.35. The number of likely N-dealkylation sites (N-methyl/N-ethyl adjacent to an activating group) is 1. The zero-order valence-corrected chi connectivity index (χ0v) is 13.4. The molecule has 2 aliphatic rings. The molecule has 114 valence electrons. The van der Waals surface area contributed by atoms with Crippen LogP contribution in [-0.4, -0.2) is 50.1 Å². The number of nitrogens with one attached hydrogen (secondary N) is 2. The summed E-state index contributed by atoms with van der Waals surface area (Å²) in [6, 6.07) is 0. The summed E-state index contributed by atoms with van der Waals surface area (Å²) >= 11 is 0. The van der Waals surface area contributed by atoms with Gasteiger partial charge in [-0.05, 0) is 45.4 Å². The lowest BCUT2D eigenvalue weighted by molar-refractivity contribution is -0.118. The minimum Gasteiger partial charge on any atom is -0.350 e. The fourth-order valence-electron chi connectivity index (χ4n) is 3.41. The summed E-state index contributed by atoms with van der Waals surface area (Å²) in [6.07, 6.45) is 4.94. The van der Waals surface area contributed by atoms with Crippen molar-refractivity contribution in [2.24, 2.45) is 5.92 Å². The summed E-state index contributed by atoms with van der Waals surface area (Å²) < 4.78 is 0. The van der Waals surface area contributed by atoms with Crippen LogP contribution >= 0.6 is 0 Å². The molecule has 0 aromatic carbocycles. The van der Waals surface area contributed by atoms with Crippen LogP contribution in [-0.2, 0) is 4.79 Å². The fraction of sp³-hybridized carbons (Fsp3) is 0.812. The van der Waals surface area contributed by atoms with Gasteiger partial charge in [0.25, 0.3) is 0 Å². The number of hydrogen-bond acceptors (Lipinski definition) is 3. The summed E-state index contributed by atoms with van der Waals surface area (Å²) in [5.41, 5.74) is 2.29. The molecule has 0 aromatic heterocycles. The van der Waals surface area contributed by atoms with Gasteiger partial charge >= 0.3 is 0 Å². The van der Waals surface area contributed by atoms with Crippen molar-refractivity contribution in [2.75, 3.05) is 33.7 Å². The van der Waals surface area contributed by atoms with Gasteiger partial charge in [-0.2, -0.15) is 0 Å². The third kappa shape index (κ3) is 3.23. The van der Waals surface area contributed by atoms with Gasteiger partial charge in [-0.1, -0.05) is 19.8 Å². The summed E-state index contributed by atoms with van der Waals surface area (Å²) in [7, 11) is 4.29. The van der Waals surface area contributed by atoms with E-state index in [0.29, 0.717) is 0 Å². The van der Waals surface area contributed by atoms with E-state index >= 15 is 0 Å². The van der Waals surface area contributed by atoms with Gasteiger partial charge in [0, 0.05) is 30.7 Å². The van der Waals surface area contributed by atoms with E-state index in [2.05, 4.69) is 36.6 Å². The van der Waals surface area contributed by atoms with Crippen molar-refractivity contribution < 1.29 is 4.79 Å². The molecule has 2 rings (SSSR count). The second-order valence-electron chi connectivity index (χ2n) is 6.84. The number of rotatable bonds is 4. The minimum absolute atomic E-state index is 0.112. The molecule has 0 aromatic rings. The average molecular weight is 279 g/mol. The third-order valence-electron chi connectivity index (χ3n) is 5.14. The van der Waals surface area contributed by atoms with Crippen LogP contribution in [0.5, 0.6) is 0 Å². The molecular formula is C16H29N3O. The van der Waals surface area contributed by atoms with Gasteiger partial charge in [0.2, 0.25) is 5.91 Å². The topological polar surface area (TPSA) is 44.4 Å². The van der Waals surface area contributed by atoms with Gasteiger partial charge in [-0.25, -0.2) is 0 Å². The molecule has 0 bridgehead atoms. The number of nitrogens with zero attached hydrogens (tertiary/aromatic N) is 1. The largest absolute Gasteiger partial charge is 0.350 e.